The SMILES string of the molecule is [B]CCCCc1ccc(-c2c(C#N)c(N)[nH]c(=S)c2C#N)cc1. The monoisotopic (exact) mass is 318 g/mol. The van der Waals surface area contributed by atoms with Gasteiger partial charge < -0.3 is 10.7 Å². The van der Waals surface area contributed by atoms with Gasteiger partial charge in [-0.25, -0.2) is 0 Å². The summed E-state index contributed by atoms with van der Waals surface area (Å²) >= 11 is 5.15. The number of nitrogens with zero attached hydrogens (tertiary/aromatic N) is 2. The van der Waals surface area contributed by atoms with Crippen LogP contribution in [0.3, 0.4) is 0 Å². The Kier molecular flexibility index (Phi) is 5.57. The first-order chi connectivity index (χ1) is 11.1. The minimum atomic E-state index is 0.179. The van der Waals surface area contributed by atoms with Crippen LogP contribution in [0.15, 0.2) is 24.3 Å². The van der Waals surface area contributed by atoms with Crippen molar-refractivity contribution in [2.45, 2.75) is 25.6 Å². The van der Waals surface area contributed by atoms with Crippen LogP contribution in [-0.2, 0) is 6.42 Å². The Balaban J connectivity index is 2.48. The predicted octanol–water partition coefficient (Wildman–Crippen LogP) is 3.65. The maximum atomic E-state index is 9.37. The zero-order chi connectivity index (χ0) is 16.8. The van der Waals surface area contributed by atoms with Gasteiger partial charge in [-0.2, -0.15) is 10.5 Å². The average molecular weight is 318 g/mol. The zero-order valence-electron chi connectivity index (χ0n) is 12.6. The number of nitrogens with one attached hydrogen (secondary N) is 1. The Hall–Kier alpha value is -2.57. The lowest BCUT2D eigenvalue weighted by Crippen LogP contribution is -2.01. The van der Waals surface area contributed by atoms with E-state index in [9.17, 15) is 10.5 Å². The molecule has 0 atom stereocenters. The lowest BCUT2D eigenvalue weighted by molar-refractivity contribution is 0.794. The lowest BCUT2D eigenvalue weighted by atomic mass is 9.94. The number of pyridine rings is 1. The Morgan fingerprint density at radius 2 is 1.74 bits per heavy atom. The van der Waals surface area contributed by atoms with Gasteiger partial charge in [0.2, 0.25) is 0 Å². The smallest absolute Gasteiger partial charge is 0.123 e. The van der Waals surface area contributed by atoms with Crippen molar-refractivity contribution in [3.8, 4) is 23.3 Å². The van der Waals surface area contributed by atoms with E-state index in [4.69, 9.17) is 25.8 Å². The first-order valence-electron chi connectivity index (χ1n) is 7.27. The molecule has 2 radical (unpaired) electrons. The summed E-state index contributed by atoms with van der Waals surface area (Å²) in [6.45, 7) is 0. The molecule has 1 aromatic heterocycles. The fourth-order valence-corrected chi connectivity index (χ4v) is 2.70. The molecule has 0 fully saturated rings. The standard InChI is InChI=1S/C17H15BN4S/c18-8-2-1-3-11-4-6-12(7-5-11)15-13(9-19)16(21)22-17(23)14(15)10-20/h4-7H,1-3,8H2,(H3,21,22,23). The lowest BCUT2D eigenvalue weighted by Gasteiger charge is -2.10. The van der Waals surface area contributed by atoms with Gasteiger partial charge >= 0.3 is 0 Å². The van der Waals surface area contributed by atoms with Gasteiger partial charge in [-0.1, -0.05) is 49.2 Å². The van der Waals surface area contributed by atoms with Gasteiger partial charge in [0.15, 0.2) is 0 Å². The first kappa shape index (κ1) is 16.8. The van der Waals surface area contributed by atoms with E-state index in [-0.39, 0.29) is 21.6 Å². The Morgan fingerprint density at radius 3 is 2.30 bits per heavy atom. The molecular formula is C17H15BN4S. The Bertz CT molecular complexity index is 841. The summed E-state index contributed by atoms with van der Waals surface area (Å²) in [5.74, 6) is 0.179. The van der Waals surface area contributed by atoms with E-state index in [2.05, 4.69) is 17.1 Å². The summed E-state index contributed by atoms with van der Waals surface area (Å²) in [5, 5.41) is 18.7. The molecule has 1 aromatic carbocycles. The molecule has 4 nitrogen and oxygen atoms in total. The topological polar surface area (TPSA) is 89.4 Å². The molecule has 0 amide bonds. The summed E-state index contributed by atoms with van der Waals surface area (Å²) in [4.78, 5) is 2.70. The fraction of sp³-hybridized carbons (Fsp3) is 0.235. The number of hydrogen-bond acceptors (Lipinski definition) is 4. The number of nitriles is 2. The van der Waals surface area contributed by atoms with Gasteiger partial charge in [0.25, 0.3) is 0 Å². The van der Waals surface area contributed by atoms with Gasteiger partial charge in [0, 0.05) is 5.56 Å². The molecule has 0 bridgehead atoms. The number of rotatable bonds is 5. The minimum Gasteiger partial charge on any atom is -0.384 e. The number of unbranched alkanes of at least 4 members (excludes halogenated alkanes) is 1. The van der Waals surface area contributed by atoms with Gasteiger partial charge in [0.05, 0.1) is 13.4 Å². The minimum absolute atomic E-state index is 0.179. The van der Waals surface area contributed by atoms with Crippen molar-refractivity contribution in [3.63, 3.8) is 0 Å². The predicted molar refractivity (Wildman–Crippen MR) is 94.4 cm³/mol. The van der Waals surface area contributed by atoms with Crippen LogP contribution in [0.2, 0.25) is 6.32 Å². The van der Waals surface area contributed by atoms with E-state index in [1.807, 2.05) is 24.3 Å². The maximum Gasteiger partial charge on any atom is 0.123 e. The first-order valence-corrected chi connectivity index (χ1v) is 7.68. The fourth-order valence-electron chi connectivity index (χ4n) is 2.44. The second-order valence-corrected chi connectivity index (χ2v) is 5.57. The highest BCUT2D eigenvalue weighted by molar-refractivity contribution is 7.71. The van der Waals surface area contributed by atoms with Crippen molar-refractivity contribution in [2.75, 3.05) is 5.73 Å². The van der Waals surface area contributed by atoms with Crippen LogP contribution in [0, 0.1) is 27.3 Å². The van der Waals surface area contributed by atoms with Gasteiger partial charge in [-0.05, 0) is 24.0 Å². The molecule has 0 aliphatic rings. The van der Waals surface area contributed by atoms with Crippen molar-refractivity contribution in [3.05, 3.63) is 45.6 Å². The molecule has 0 aliphatic heterocycles. The Morgan fingerprint density at radius 1 is 1.09 bits per heavy atom. The highest BCUT2D eigenvalue weighted by Gasteiger charge is 2.16. The molecule has 0 saturated heterocycles. The number of aryl methyl sites for hydroxylation is 1. The van der Waals surface area contributed by atoms with E-state index in [1.165, 1.54) is 5.56 Å². The van der Waals surface area contributed by atoms with Crippen LogP contribution in [0.25, 0.3) is 11.1 Å². The van der Waals surface area contributed by atoms with E-state index >= 15 is 0 Å². The second-order valence-electron chi connectivity index (χ2n) is 5.16. The van der Waals surface area contributed by atoms with Crippen LogP contribution in [0.1, 0.15) is 29.5 Å². The molecule has 0 saturated carbocycles. The van der Waals surface area contributed by atoms with Crippen molar-refractivity contribution >= 4 is 25.9 Å². The van der Waals surface area contributed by atoms with Crippen LogP contribution in [-0.4, -0.2) is 12.8 Å². The number of hydrogen-bond donors (Lipinski definition) is 2. The number of nitrogen functional groups attached to an aromatic ring is 1. The number of H-pyrrole nitrogens is 1. The van der Waals surface area contributed by atoms with Gasteiger partial charge in [0.1, 0.15) is 28.2 Å². The summed E-state index contributed by atoms with van der Waals surface area (Å²) in [7, 11) is 5.50. The number of anilines is 1. The van der Waals surface area contributed by atoms with E-state index < -0.39 is 0 Å². The van der Waals surface area contributed by atoms with Crippen molar-refractivity contribution in [2.24, 2.45) is 0 Å². The van der Waals surface area contributed by atoms with E-state index in [0.29, 0.717) is 11.9 Å². The molecule has 6 heteroatoms. The van der Waals surface area contributed by atoms with Gasteiger partial charge in [-0.3, -0.25) is 0 Å². The van der Waals surface area contributed by atoms with Crippen molar-refractivity contribution in [1.82, 2.24) is 4.98 Å². The van der Waals surface area contributed by atoms with E-state index in [1.54, 1.807) is 0 Å². The molecule has 0 spiro atoms. The van der Waals surface area contributed by atoms with Gasteiger partial charge in [-0.15, -0.1) is 0 Å². The third kappa shape index (κ3) is 3.61. The highest BCUT2D eigenvalue weighted by Crippen LogP contribution is 2.30. The quantitative estimate of drug-likeness (QED) is 0.500. The van der Waals surface area contributed by atoms with E-state index in [0.717, 1.165) is 24.8 Å². The number of aromatic amines is 1. The molecule has 1 heterocycles. The largest absolute Gasteiger partial charge is 0.384 e. The second kappa shape index (κ2) is 7.62. The molecule has 23 heavy (non-hydrogen) atoms. The molecule has 0 aliphatic carbocycles. The molecule has 3 N–H and O–H groups in total. The third-order valence-electron chi connectivity index (χ3n) is 3.63. The number of aromatic nitrogens is 1. The molecule has 2 rings (SSSR count). The number of nitrogens with two attached hydrogens (primary N) is 1. The summed E-state index contributed by atoms with van der Waals surface area (Å²) < 4.78 is 0.242. The highest BCUT2D eigenvalue weighted by atomic mass is 32.1. The Labute approximate surface area is 142 Å². The van der Waals surface area contributed by atoms with Crippen LogP contribution < -0.4 is 5.73 Å². The third-order valence-corrected chi connectivity index (χ3v) is 3.94. The summed E-state index contributed by atoms with van der Waals surface area (Å²) in [6.07, 6.45) is 3.66. The summed E-state index contributed by atoms with van der Waals surface area (Å²) in [5.41, 5.74) is 8.78. The van der Waals surface area contributed by atoms with Crippen LogP contribution in [0.5, 0.6) is 0 Å². The van der Waals surface area contributed by atoms with Crippen LogP contribution >= 0.6 is 12.2 Å². The summed E-state index contributed by atoms with van der Waals surface area (Å²) in [6, 6.07) is 11.9. The normalized spacial score (nSPS) is 10.0. The van der Waals surface area contributed by atoms with Crippen molar-refractivity contribution < 1.29 is 0 Å². The average Bonchev–Trinajstić information content (AvgIpc) is 2.55. The molecule has 112 valence electrons. The molecular weight excluding hydrogens is 303 g/mol. The molecule has 0 unspecified atom stereocenters. The maximum absolute atomic E-state index is 9.37. The molecule has 2 aromatic rings. The zero-order valence-corrected chi connectivity index (χ0v) is 13.4. The number of benzene rings is 1. The van der Waals surface area contributed by atoms with Crippen LogP contribution in [0.4, 0.5) is 5.82 Å². The van der Waals surface area contributed by atoms with Crippen molar-refractivity contribution in [1.29, 1.82) is 10.5 Å².